The quantitative estimate of drug-likeness (QED) is 0.388. The summed E-state index contributed by atoms with van der Waals surface area (Å²) >= 11 is 0. The zero-order valence-corrected chi connectivity index (χ0v) is 20.1. The van der Waals surface area contributed by atoms with Crippen LogP contribution in [-0.4, -0.2) is 60.2 Å². The Morgan fingerprint density at radius 3 is 2.69 bits per heavy atom. The van der Waals surface area contributed by atoms with Gasteiger partial charge in [-0.25, -0.2) is 9.78 Å². The standard InChI is InChI=1S/C27H27N5O4/c1-35-24-6-4-3-5-19(24)22-14-30-25-20(22)12-17(13-29-25)16-7-8-23(31-27(34)36-2)21(11-16)26(33)32-10-9-18(28)15-32/h3-8,11-14,18H,9-10,15,28H2,1-2H3,(H,29,30)(H,31,34)/t18-/m1/s1. The van der Waals surface area contributed by atoms with Crippen molar-refractivity contribution >= 4 is 28.7 Å². The highest BCUT2D eigenvalue weighted by Crippen LogP contribution is 2.36. The van der Waals surface area contributed by atoms with E-state index >= 15 is 0 Å². The number of pyridine rings is 1. The van der Waals surface area contributed by atoms with Gasteiger partial charge in [0.05, 0.1) is 25.5 Å². The number of rotatable bonds is 5. The molecule has 9 heteroatoms. The Labute approximate surface area is 208 Å². The predicted octanol–water partition coefficient (Wildman–Crippen LogP) is 4.26. The number of ether oxygens (including phenoxy) is 2. The molecule has 4 N–H and O–H groups in total. The molecule has 0 unspecified atom stereocenters. The highest BCUT2D eigenvalue weighted by Gasteiger charge is 2.27. The van der Waals surface area contributed by atoms with Crippen LogP contribution in [0, 0.1) is 0 Å². The number of aromatic nitrogens is 2. The van der Waals surface area contributed by atoms with Crippen LogP contribution < -0.4 is 15.8 Å². The van der Waals surface area contributed by atoms with Crippen molar-refractivity contribution in [2.45, 2.75) is 12.5 Å². The third-order valence-corrected chi connectivity index (χ3v) is 6.45. The lowest BCUT2D eigenvalue weighted by molar-refractivity contribution is 0.0792. The van der Waals surface area contributed by atoms with Crippen molar-refractivity contribution in [2.24, 2.45) is 5.73 Å². The number of carbonyl (C=O) groups excluding carboxylic acids is 2. The summed E-state index contributed by atoms with van der Waals surface area (Å²) in [5, 5.41) is 3.57. The molecular formula is C27H27N5O4. The van der Waals surface area contributed by atoms with Gasteiger partial charge in [0, 0.05) is 53.6 Å². The highest BCUT2D eigenvalue weighted by atomic mass is 16.5. The number of amides is 2. The molecule has 1 atom stereocenters. The van der Waals surface area contributed by atoms with E-state index in [-0.39, 0.29) is 11.9 Å². The molecule has 0 bridgehead atoms. The Morgan fingerprint density at radius 1 is 1.11 bits per heavy atom. The van der Waals surface area contributed by atoms with Crippen molar-refractivity contribution in [2.75, 3.05) is 32.6 Å². The Kier molecular flexibility index (Phi) is 6.30. The molecule has 5 rings (SSSR count). The van der Waals surface area contributed by atoms with Crippen LogP contribution in [0.15, 0.2) is 60.9 Å². The van der Waals surface area contributed by atoms with Crippen molar-refractivity contribution in [3.05, 3.63) is 66.5 Å². The molecule has 2 aromatic carbocycles. The van der Waals surface area contributed by atoms with Crippen LogP contribution in [-0.2, 0) is 4.74 Å². The summed E-state index contributed by atoms with van der Waals surface area (Å²) in [5.41, 5.74) is 11.0. The maximum absolute atomic E-state index is 13.4. The minimum Gasteiger partial charge on any atom is -0.496 e. The fourth-order valence-corrected chi connectivity index (χ4v) is 4.56. The first kappa shape index (κ1) is 23.4. The number of carbonyl (C=O) groups is 2. The molecule has 0 spiro atoms. The maximum atomic E-state index is 13.4. The van der Waals surface area contributed by atoms with Crippen LogP contribution in [0.1, 0.15) is 16.8 Å². The molecule has 1 fully saturated rings. The molecule has 184 valence electrons. The van der Waals surface area contributed by atoms with Gasteiger partial charge in [0.2, 0.25) is 0 Å². The summed E-state index contributed by atoms with van der Waals surface area (Å²) < 4.78 is 10.3. The number of aromatic amines is 1. The highest BCUT2D eigenvalue weighted by molar-refractivity contribution is 6.04. The van der Waals surface area contributed by atoms with Crippen molar-refractivity contribution in [1.29, 1.82) is 0 Å². The lowest BCUT2D eigenvalue weighted by atomic mass is 9.99. The fourth-order valence-electron chi connectivity index (χ4n) is 4.56. The van der Waals surface area contributed by atoms with Crippen LogP contribution in [0.5, 0.6) is 5.75 Å². The van der Waals surface area contributed by atoms with Gasteiger partial charge in [-0.1, -0.05) is 24.3 Å². The van der Waals surface area contributed by atoms with E-state index < -0.39 is 6.09 Å². The summed E-state index contributed by atoms with van der Waals surface area (Å²) in [6.45, 7) is 1.04. The molecule has 0 saturated carbocycles. The topological polar surface area (TPSA) is 123 Å². The van der Waals surface area contributed by atoms with E-state index in [1.54, 1.807) is 30.3 Å². The van der Waals surface area contributed by atoms with Crippen molar-refractivity contribution < 1.29 is 19.1 Å². The molecule has 1 aliphatic heterocycles. The van der Waals surface area contributed by atoms with Gasteiger partial charge in [-0.3, -0.25) is 10.1 Å². The van der Waals surface area contributed by atoms with Crippen LogP contribution in [0.4, 0.5) is 10.5 Å². The summed E-state index contributed by atoms with van der Waals surface area (Å²) in [5.74, 6) is 0.570. The van der Waals surface area contributed by atoms with Crippen molar-refractivity contribution in [3.8, 4) is 28.0 Å². The lowest BCUT2D eigenvalue weighted by Gasteiger charge is -2.19. The van der Waals surface area contributed by atoms with Crippen molar-refractivity contribution in [1.82, 2.24) is 14.9 Å². The van der Waals surface area contributed by atoms with Gasteiger partial charge in [-0.2, -0.15) is 0 Å². The summed E-state index contributed by atoms with van der Waals surface area (Å²) in [7, 11) is 2.93. The van der Waals surface area contributed by atoms with Gasteiger partial charge in [0.15, 0.2) is 0 Å². The molecule has 9 nitrogen and oxygen atoms in total. The number of hydrogen-bond donors (Lipinski definition) is 3. The molecule has 3 heterocycles. The number of nitrogens with two attached hydrogens (primary N) is 1. The smallest absolute Gasteiger partial charge is 0.411 e. The Bertz CT molecular complexity index is 1450. The molecule has 2 amide bonds. The maximum Gasteiger partial charge on any atom is 0.411 e. The number of H-pyrrole nitrogens is 1. The fraction of sp³-hybridized carbons (Fsp3) is 0.222. The van der Waals surface area contributed by atoms with E-state index in [9.17, 15) is 9.59 Å². The monoisotopic (exact) mass is 485 g/mol. The SMILES string of the molecule is COC(=O)Nc1ccc(-c2cnc3[nH]cc(-c4ccccc4OC)c3c2)cc1C(=O)N1CC[C@@H](N)C1. The van der Waals surface area contributed by atoms with Crippen LogP contribution in [0.3, 0.4) is 0 Å². The molecule has 2 aromatic heterocycles. The largest absolute Gasteiger partial charge is 0.496 e. The number of nitrogens with one attached hydrogen (secondary N) is 2. The molecule has 1 saturated heterocycles. The minimum absolute atomic E-state index is 0.0530. The van der Waals surface area contributed by atoms with E-state index in [4.69, 9.17) is 15.2 Å². The Morgan fingerprint density at radius 2 is 1.94 bits per heavy atom. The Balaban J connectivity index is 1.58. The second-order valence-electron chi connectivity index (χ2n) is 8.70. The second-order valence-corrected chi connectivity index (χ2v) is 8.70. The van der Waals surface area contributed by atoms with Gasteiger partial charge in [0.1, 0.15) is 11.4 Å². The Hall–Kier alpha value is -4.37. The number of likely N-dealkylation sites (tertiary alicyclic amines) is 1. The van der Waals surface area contributed by atoms with Gasteiger partial charge in [-0.15, -0.1) is 0 Å². The molecule has 1 aliphatic rings. The van der Waals surface area contributed by atoms with Gasteiger partial charge in [-0.05, 0) is 36.2 Å². The number of para-hydroxylation sites is 1. The first-order chi connectivity index (χ1) is 17.5. The van der Waals surface area contributed by atoms with Gasteiger partial charge >= 0.3 is 6.09 Å². The zero-order valence-electron chi connectivity index (χ0n) is 20.1. The van der Waals surface area contributed by atoms with E-state index in [1.807, 2.05) is 42.6 Å². The average Bonchev–Trinajstić information content (AvgIpc) is 3.54. The van der Waals surface area contributed by atoms with Crippen LogP contribution in [0.25, 0.3) is 33.3 Å². The first-order valence-corrected chi connectivity index (χ1v) is 11.6. The van der Waals surface area contributed by atoms with Gasteiger partial charge < -0.3 is 25.1 Å². The number of benzene rings is 2. The number of methoxy groups -OCH3 is 2. The molecule has 0 aliphatic carbocycles. The molecular weight excluding hydrogens is 458 g/mol. The molecule has 0 radical (unpaired) electrons. The van der Waals surface area contributed by atoms with E-state index in [2.05, 4.69) is 15.3 Å². The summed E-state index contributed by atoms with van der Waals surface area (Å²) in [4.78, 5) is 34.9. The minimum atomic E-state index is -0.646. The predicted molar refractivity (Wildman–Crippen MR) is 138 cm³/mol. The number of anilines is 1. The lowest BCUT2D eigenvalue weighted by Crippen LogP contribution is -2.32. The third kappa shape index (κ3) is 4.36. The first-order valence-electron chi connectivity index (χ1n) is 11.6. The average molecular weight is 486 g/mol. The second kappa shape index (κ2) is 9.71. The van der Waals surface area contributed by atoms with E-state index in [0.29, 0.717) is 24.3 Å². The third-order valence-electron chi connectivity index (χ3n) is 6.45. The number of fused-ring (bicyclic) bond motifs is 1. The molecule has 4 aromatic rings. The van der Waals surface area contributed by atoms with Crippen LogP contribution in [0.2, 0.25) is 0 Å². The van der Waals surface area contributed by atoms with Crippen LogP contribution >= 0.6 is 0 Å². The van der Waals surface area contributed by atoms with E-state index in [1.165, 1.54) is 7.11 Å². The summed E-state index contributed by atoms with van der Waals surface area (Å²) in [6.07, 6.45) is 3.76. The number of hydrogen-bond acceptors (Lipinski definition) is 6. The van der Waals surface area contributed by atoms with Crippen molar-refractivity contribution in [3.63, 3.8) is 0 Å². The van der Waals surface area contributed by atoms with E-state index in [0.717, 1.165) is 45.5 Å². The molecule has 36 heavy (non-hydrogen) atoms. The summed E-state index contributed by atoms with van der Waals surface area (Å²) in [6, 6.07) is 15.1. The number of nitrogens with zero attached hydrogens (tertiary/aromatic N) is 2. The normalized spacial score (nSPS) is 15.2. The zero-order chi connectivity index (χ0) is 25.2. The van der Waals surface area contributed by atoms with Gasteiger partial charge in [0.25, 0.3) is 5.91 Å².